The predicted octanol–water partition coefficient (Wildman–Crippen LogP) is 3.23. The first-order chi connectivity index (χ1) is 7.94. The lowest BCUT2D eigenvalue weighted by atomic mass is 10.1. The van der Waals surface area contributed by atoms with Gasteiger partial charge in [-0.2, -0.15) is 0 Å². The molecule has 0 fully saturated rings. The predicted molar refractivity (Wildman–Crippen MR) is 69.2 cm³/mol. The SMILES string of the molecule is CC(C)(C)OC(=O)c1ccccc1C#CCCl. The van der Waals surface area contributed by atoms with E-state index in [9.17, 15) is 4.79 Å². The summed E-state index contributed by atoms with van der Waals surface area (Å²) in [6.45, 7) is 5.49. The topological polar surface area (TPSA) is 26.3 Å². The molecule has 0 aromatic heterocycles. The van der Waals surface area contributed by atoms with Gasteiger partial charge in [-0.3, -0.25) is 0 Å². The molecule has 0 radical (unpaired) electrons. The van der Waals surface area contributed by atoms with Crippen molar-refractivity contribution in [3.8, 4) is 11.8 Å². The molecule has 0 unspecified atom stereocenters. The van der Waals surface area contributed by atoms with Crippen molar-refractivity contribution in [2.45, 2.75) is 26.4 Å². The van der Waals surface area contributed by atoms with Crippen LogP contribution in [0.2, 0.25) is 0 Å². The Hall–Kier alpha value is -1.46. The van der Waals surface area contributed by atoms with Crippen LogP contribution in [0, 0.1) is 11.8 Å². The summed E-state index contributed by atoms with van der Waals surface area (Å²) in [4.78, 5) is 11.9. The van der Waals surface area contributed by atoms with Gasteiger partial charge in [0.1, 0.15) is 5.60 Å². The second-order valence-corrected chi connectivity index (χ2v) is 4.75. The number of halogens is 1. The third kappa shape index (κ3) is 4.50. The normalized spacial score (nSPS) is 10.4. The summed E-state index contributed by atoms with van der Waals surface area (Å²) in [5.74, 6) is 5.45. The van der Waals surface area contributed by atoms with Gasteiger partial charge in [-0.05, 0) is 32.9 Å². The van der Waals surface area contributed by atoms with Gasteiger partial charge in [0.2, 0.25) is 0 Å². The molecule has 0 aliphatic heterocycles. The largest absolute Gasteiger partial charge is 0.456 e. The van der Waals surface area contributed by atoms with E-state index in [2.05, 4.69) is 11.8 Å². The van der Waals surface area contributed by atoms with Gasteiger partial charge < -0.3 is 4.74 Å². The van der Waals surface area contributed by atoms with Crippen LogP contribution in [-0.4, -0.2) is 17.5 Å². The molecule has 0 bridgehead atoms. The van der Waals surface area contributed by atoms with Crippen LogP contribution >= 0.6 is 11.6 Å². The first-order valence-electron chi connectivity index (χ1n) is 5.31. The standard InChI is InChI=1S/C14H15ClO2/c1-14(2,3)17-13(16)12-9-5-4-7-11(12)8-6-10-15/h4-5,7,9H,10H2,1-3H3. The second kappa shape index (κ2) is 5.75. The third-order valence-corrected chi connectivity index (χ3v) is 1.97. The van der Waals surface area contributed by atoms with Gasteiger partial charge in [0.05, 0.1) is 11.4 Å². The minimum absolute atomic E-state index is 0.239. The van der Waals surface area contributed by atoms with Crippen LogP contribution < -0.4 is 0 Å². The lowest BCUT2D eigenvalue weighted by Gasteiger charge is -2.19. The molecule has 0 heterocycles. The van der Waals surface area contributed by atoms with Crippen LogP contribution in [-0.2, 0) is 4.74 Å². The van der Waals surface area contributed by atoms with E-state index in [1.807, 2.05) is 26.8 Å². The van der Waals surface area contributed by atoms with Gasteiger partial charge in [-0.15, -0.1) is 11.6 Å². The Morgan fingerprint density at radius 1 is 1.35 bits per heavy atom. The number of hydrogen-bond donors (Lipinski definition) is 0. The Kier molecular flexibility index (Phi) is 4.60. The first kappa shape index (κ1) is 13.6. The Morgan fingerprint density at radius 3 is 2.59 bits per heavy atom. The fourth-order valence-corrected chi connectivity index (χ4v) is 1.30. The molecule has 0 amide bonds. The zero-order valence-corrected chi connectivity index (χ0v) is 11.0. The van der Waals surface area contributed by atoms with E-state index >= 15 is 0 Å². The molecule has 0 aliphatic rings. The molecule has 17 heavy (non-hydrogen) atoms. The lowest BCUT2D eigenvalue weighted by Crippen LogP contribution is -2.24. The molecule has 0 atom stereocenters. The van der Waals surface area contributed by atoms with Crippen molar-refractivity contribution in [2.24, 2.45) is 0 Å². The van der Waals surface area contributed by atoms with Gasteiger partial charge >= 0.3 is 5.97 Å². The molecule has 0 saturated carbocycles. The van der Waals surface area contributed by atoms with Crippen LogP contribution in [0.4, 0.5) is 0 Å². The van der Waals surface area contributed by atoms with Crippen molar-refractivity contribution in [1.29, 1.82) is 0 Å². The Bertz CT molecular complexity index is 461. The van der Waals surface area contributed by atoms with Gasteiger partial charge in [0, 0.05) is 5.56 Å². The van der Waals surface area contributed by atoms with Crippen LogP contribution in [0.5, 0.6) is 0 Å². The monoisotopic (exact) mass is 250 g/mol. The van der Waals surface area contributed by atoms with E-state index in [4.69, 9.17) is 16.3 Å². The van der Waals surface area contributed by atoms with Crippen LogP contribution in [0.1, 0.15) is 36.7 Å². The van der Waals surface area contributed by atoms with E-state index in [1.54, 1.807) is 18.2 Å². The number of benzene rings is 1. The molecule has 2 nitrogen and oxygen atoms in total. The first-order valence-corrected chi connectivity index (χ1v) is 5.85. The Morgan fingerprint density at radius 2 is 2.00 bits per heavy atom. The van der Waals surface area contributed by atoms with E-state index in [-0.39, 0.29) is 11.8 Å². The van der Waals surface area contributed by atoms with E-state index < -0.39 is 5.60 Å². The number of hydrogen-bond acceptors (Lipinski definition) is 2. The highest BCUT2D eigenvalue weighted by atomic mass is 35.5. The number of alkyl halides is 1. The molecule has 0 spiro atoms. The zero-order chi connectivity index (χ0) is 12.9. The van der Waals surface area contributed by atoms with Crippen LogP contribution in [0.15, 0.2) is 24.3 Å². The van der Waals surface area contributed by atoms with Gasteiger partial charge in [-0.1, -0.05) is 24.0 Å². The number of rotatable bonds is 1. The summed E-state index contributed by atoms with van der Waals surface area (Å²) in [7, 11) is 0. The maximum atomic E-state index is 11.9. The summed E-state index contributed by atoms with van der Waals surface area (Å²) in [5.41, 5.74) is 0.604. The summed E-state index contributed by atoms with van der Waals surface area (Å²) < 4.78 is 5.30. The highest BCUT2D eigenvalue weighted by Gasteiger charge is 2.19. The maximum absolute atomic E-state index is 11.9. The minimum Gasteiger partial charge on any atom is -0.456 e. The molecule has 1 rings (SSSR count). The highest BCUT2D eigenvalue weighted by molar-refractivity contribution is 6.19. The van der Waals surface area contributed by atoms with Gasteiger partial charge in [0.25, 0.3) is 0 Å². The third-order valence-electron chi connectivity index (χ3n) is 1.84. The van der Waals surface area contributed by atoms with E-state index in [0.717, 1.165) is 0 Å². The summed E-state index contributed by atoms with van der Waals surface area (Å²) in [6, 6.07) is 7.09. The van der Waals surface area contributed by atoms with Crippen molar-refractivity contribution < 1.29 is 9.53 Å². The number of ether oxygens (including phenoxy) is 1. The smallest absolute Gasteiger partial charge is 0.339 e. The molecule has 0 aliphatic carbocycles. The van der Waals surface area contributed by atoms with Gasteiger partial charge in [-0.25, -0.2) is 4.79 Å². The van der Waals surface area contributed by atoms with Crippen LogP contribution in [0.3, 0.4) is 0 Å². The molecular formula is C14H15ClO2. The van der Waals surface area contributed by atoms with Gasteiger partial charge in [0.15, 0.2) is 0 Å². The molecule has 0 saturated heterocycles. The Balaban J connectivity index is 3.01. The average molecular weight is 251 g/mol. The number of carbonyl (C=O) groups excluding carboxylic acids is 1. The highest BCUT2D eigenvalue weighted by Crippen LogP contribution is 2.14. The van der Waals surface area contributed by atoms with Crippen LogP contribution in [0.25, 0.3) is 0 Å². The zero-order valence-electron chi connectivity index (χ0n) is 10.2. The fourth-order valence-electron chi connectivity index (χ4n) is 1.23. The van der Waals surface area contributed by atoms with Crippen molar-refractivity contribution in [1.82, 2.24) is 0 Å². The van der Waals surface area contributed by atoms with Crippen molar-refractivity contribution in [3.63, 3.8) is 0 Å². The lowest BCUT2D eigenvalue weighted by molar-refractivity contribution is 0.00693. The van der Waals surface area contributed by atoms with Crippen molar-refractivity contribution in [3.05, 3.63) is 35.4 Å². The molecule has 0 N–H and O–H groups in total. The molecule has 1 aromatic carbocycles. The van der Waals surface area contributed by atoms with Crippen molar-refractivity contribution in [2.75, 3.05) is 5.88 Å². The Labute approximate surface area is 107 Å². The second-order valence-electron chi connectivity index (χ2n) is 4.48. The molecule has 1 aromatic rings. The molecular weight excluding hydrogens is 236 g/mol. The molecule has 3 heteroatoms. The average Bonchev–Trinajstić information content (AvgIpc) is 2.24. The quantitative estimate of drug-likeness (QED) is 0.435. The van der Waals surface area contributed by atoms with E-state index in [0.29, 0.717) is 11.1 Å². The number of carbonyl (C=O) groups is 1. The molecule has 90 valence electrons. The number of esters is 1. The van der Waals surface area contributed by atoms with E-state index in [1.165, 1.54) is 0 Å². The minimum atomic E-state index is -0.510. The van der Waals surface area contributed by atoms with Crippen molar-refractivity contribution >= 4 is 17.6 Å². The summed E-state index contributed by atoms with van der Waals surface area (Å²) in [6.07, 6.45) is 0. The summed E-state index contributed by atoms with van der Waals surface area (Å²) in [5, 5.41) is 0. The maximum Gasteiger partial charge on any atom is 0.339 e. The summed E-state index contributed by atoms with van der Waals surface area (Å²) >= 11 is 5.50. The fraction of sp³-hybridized carbons (Fsp3) is 0.357.